The van der Waals surface area contributed by atoms with Crippen LogP contribution >= 0.6 is 0 Å². The lowest BCUT2D eigenvalue weighted by Crippen LogP contribution is -2.12. The molecule has 0 bridgehead atoms. The number of hydrogen-bond acceptors (Lipinski definition) is 3. The van der Waals surface area contributed by atoms with Gasteiger partial charge < -0.3 is 11.1 Å². The minimum atomic E-state index is 0.769. The maximum absolute atomic E-state index is 6.04. The fourth-order valence-electron chi connectivity index (χ4n) is 2.46. The van der Waals surface area contributed by atoms with Crippen LogP contribution in [0.25, 0.3) is 16.9 Å². The largest absolute Gasteiger partial charge is 0.398 e. The third-order valence-electron chi connectivity index (χ3n) is 3.70. The van der Waals surface area contributed by atoms with Gasteiger partial charge in [-0.15, -0.1) is 0 Å². The molecule has 0 aliphatic carbocycles. The molecule has 21 heavy (non-hydrogen) atoms. The molecule has 3 rings (SSSR count). The van der Waals surface area contributed by atoms with Gasteiger partial charge in [0.1, 0.15) is 5.82 Å². The van der Waals surface area contributed by atoms with Gasteiger partial charge in [-0.1, -0.05) is 25.1 Å². The topological polar surface area (TPSA) is 55.3 Å². The van der Waals surface area contributed by atoms with E-state index in [1.807, 2.05) is 37.4 Å². The highest BCUT2D eigenvalue weighted by atomic mass is 15.0. The minimum Gasteiger partial charge on any atom is -0.398 e. The average molecular weight is 280 g/mol. The molecule has 0 fully saturated rings. The van der Waals surface area contributed by atoms with Crippen LogP contribution < -0.4 is 11.1 Å². The van der Waals surface area contributed by atoms with Crippen molar-refractivity contribution in [2.75, 3.05) is 12.3 Å². The Bertz CT molecular complexity index is 774. The SMILES string of the molecule is CCNCc1nc(-c2ccc(C)c(N)c2)n2ccccc12. The van der Waals surface area contributed by atoms with Gasteiger partial charge in [-0.25, -0.2) is 4.98 Å². The van der Waals surface area contributed by atoms with Gasteiger partial charge in [0, 0.05) is 24.0 Å². The zero-order valence-corrected chi connectivity index (χ0v) is 12.4. The van der Waals surface area contributed by atoms with Crippen LogP contribution in [0, 0.1) is 6.92 Å². The zero-order valence-electron chi connectivity index (χ0n) is 12.4. The predicted octanol–water partition coefficient (Wildman–Crippen LogP) is 3.00. The molecule has 0 radical (unpaired) electrons. The summed E-state index contributed by atoms with van der Waals surface area (Å²) in [5.74, 6) is 0.935. The van der Waals surface area contributed by atoms with Gasteiger partial charge in [0.05, 0.1) is 11.2 Å². The molecule has 4 nitrogen and oxygen atoms in total. The van der Waals surface area contributed by atoms with E-state index in [2.05, 4.69) is 28.8 Å². The third-order valence-corrected chi connectivity index (χ3v) is 3.70. The molecular formula is C17H20N4. The Balaban J connectivity index is 2.15. The number of fused-ring (bicyclic) bond motifs is 1. The molecule has 0 aliphatic rings. The molecule has 0 atom stereocenters. The summed E-state index contributed by atoms with van der Waals surface area (Å²) in [6.07, 6.45) is 2.04. The molecule has 0 saturated carbocycles. The second-order valence-electron chi connectivity index (χ2n) is 5.19. The Morgan fingerprint density at radius 3 is 2.86 bits per heavy atom. The van der Waals surface area contributed by atoms with Crippen molar-refractivity contribution in [2.45, 2.75) is 20.4 Å². The molecule has 0 amide bonds. The lowest BCUT2D eigenvalue weighted by molar-refractivity contribution is 0.718. The number of nitrogens with one attached hydrogen (secondary N) is 1. The number of rotatable bonds is 4. The Kier molecular flexibility index (Phi) is 3.62. The standard InChI is InChI=1S/C17H20N4/c1-3-19-11-15-16-6-4-5-9-21(16)17(20-15)13-8-7-12(2)14(18)10-13/h4-10,19H,3,11,18H2,1-2H3. The first-order valence-corrected chi connectivity index (χ1v) is 7.24. The molecule has 4 heteroatoms. The third kappa shape index (κ3) is 2.50. The first-order valence-electron chi connectivity index (χ1n) is 7.24. The minimum absolute atomic E-state index is 0.769. The first-order chi connectivity index (χ1) is 10.2. The van der Waals surface area contributed by atoms with Crippen LogP contribution in [0.5, 0.6) is 0 Å². The number of imidazole rings is 1. The number of pyridine rings is 1. The van der Waals surface area contributed by atoms with E-state index in [9.17, 15) is 0 Å². The van der Waals surface area contributed by atoms with Gasteiger partial charge in [-0.3, -0.25) is 4.40 Å². The molecule has 2 heterocycles. The van der Waals surface area contributed by atoms with Crippen LogP contribution in [0.1, 0.15) is 18.2 Å². The number of aryl methyl sites for hydroxylation is 1. The summed E-state index contributed by atoms with van der Waals surface area (Å²) in [6.45, 7) is 5.81. The van der Waals surface area contributed by atoms with E-state index in [0.29, 0.717) is 0 Å². The highest BCUT2D eigenvalue weighted by molar-refractivity contribution is 5.69. The van der Waals surface area contributed by atoms with Gasteiger partial charge in [-0.2, -0.15) is 0 Å². The number of anilines is 1. The smallest absolute Gasteiger partial charge is 0.144 e. The highest BCUT2D eigenvalue weighted by Crippen LogP contribution is 2.25. The van der Waals surface area contributed by atoms with Crippen LogP contribution in [0.2, 0.25) is 0 Å². The number of benzene rings is 1. The summed E-state index contributed by atoms with van der Waals surface area (Å²) in [7, 11) is 0. The predicted molar refractivity (Wildman–Crippen MR) is 87.2 cm³/mol. The van der Waals surface area contributed by atoms with Crippen LogP contribution in [0.15, 0.2) is 42.6 Å². The fraction of sp³-hybridized carbons (Fsp3) is 0.235. The second-order valence-corrected chi connectivity index (χ2v) is 5.19. The summed E-state index contributed by atoms with van der Waals surface area (Å²) in [5.41, 5.74) is 11.2. The van der Waals surface area contributed by atoms with Crippen molar-refractivity contribution in [1.82, 2.24) is 14.7 Å². The average Bonchev–Trinajstić information content (AvgIpc) is 2.87. The Labute approximate surface area is 124 Å². The molecule has 0 spiro atoms. The fourth-order valence-corrected chi connectivity index (χ4v) is 2.46. The van der Waals surface area contributed by atoms with E-state index >= 15 is 0 Å². The van der Waals surface area contributed by atoms with E-state index in [1.165, 1.54) is 0 Å². The van der Waals surface area contributed by atoms with Crippen molar-refractivity contribution in [2.24, 2.45) is 0 Å². The van der Waals surface area contributed by atoms with E-state index in [0.717, 1.165) is 46.9 Å². The Morgan fingerprint density at radius 1 is 1.24 bits per heavy atom. The van der Waals surface area contributed by atoms with Crippen molar-refractivity contribution in [3.63, 3.8) is 0 Å². The molecule has 0 aliphatic heterocycles. The quantitative estimate of drug-likeness (QED) is 0.722. The zero-order chi connectivity index (χ0) is 14.8. The normalized spacial score (nSPS) is 11.1. The monoisotopic (exact) mass is 280 g/mol. The van der Waals surface area contributed by atoms with Crippen LogP contribution in [-0.4, -0.2) is 15.9 Å². The van der Waals surface area contributed by atoms with Crippen molar-refractivity contribution in [3.05, 3.63) is 53.9 Å². The van der Waals surface area contributed by atoms with E-state index < -0.39 is 0 Å². The molecule has 1 aromatic carbocycles. The lowest BCUT2D eigenvalue weighted by atomic mass is 10.1. The summed E-state index contributed by atoms with van der Waals surface area (Å²) < 4.78 is 2.12. The van der Waals surface area contributed by atoms with Crippen LogP contribution in [0.3, 0.4) is 0 Å². The van der Waals surface area contributed by atoms with Gasteiger partial charge in [0.25, 0.3) is 0 Å². The van der Waals surface area contributed by atoms with Crippen molar-refractivity contribution in [3.8, 4) is 11.4 Å². The molecule has 0 saturated heterocycles. The molecular weight excluding hydrogens is 260 g/mol. The molecule has 2 aromatic heterocycles. The number of nitrogens with two attached hydrogens (primary N) is 1. The number of nitrogens with zero attached hydrogens (tertiary/aromatic N) is 2. The molecule has 3 aromatic rings. The van der Waals surface area contributed by atoms with E-state index in [1.54, 1.807) is 0 Å². The molecule has 108 valence electrons. The van der Waals surface area contributed by atoms with Crippen LogP contribution in [-0.2, 0) is 6.54 Å². The van der Waals surface area contributed by atoms with Gasteiger partial charge in [0.2, 0.25) is 0 Å². The van der Waals surface area contributed by atoms with E-state index in [-0.39, 0.29) is 0 Å². The molecule has 0 unspecified atom stereocenters. The van der Waals surface area contributed by atoms with Crippen molar-refractivity contribution in [1.29, 1.82) is 0 Å². The summed E-state index contributed by atoms with van der Waals surface area (Å²) in [4.78, 5) is 4.81. The maximum atomic E-state index is 6.04. The first kappa shape index (κ1) is 13.6. The second kappa shape index (κ2) is 5.58. The van der Waals surface area contributed by atoms with Crippen LogP contribution in [0.4, 0.5) is 5.69 Å². The summed E-state index contributed by atoms with van der Waals surface area (Å²) in [5, 5.41) is 3.34. The lowest BCUT2D eigenvalue weighted by Gasteiger charge is -2.04. The van der Waals surface area contributed by atoms with E-state index in [4.69, 9.17) is 10.7 Å². The summed E-state index contributed by atoms with van der Waals surface area (Å²) in [6, 6.07) is 12.3. The van der Waals surface area contributed by atoms with Gasteiger partial charge >= 0.3 is 0 Å². The molecule has 3 N–H and O–H groups in total. The van der Waals surface area contributed by atoms with Gasteiger partial charge in [-0.05, 0) is 37.2 Å². The van der Waals surface area contributed by atoms with Crippen molar-refractivity contribution < 1.29 is 0 Å². The summed E-state index contributed by atoms with van der Waals surface area (Å²) >= 11 is 0. The number of hydrogen-bond donors (Lipinski definition) is 2. The Hall–Kier alpha value is -2.33. The van der Waals surface area contributed by atoms with Crippen molar-refractivity contribution >= 4 is 11.2 Å². The highest BCUT2D eigenvalue weighted by Gasteiger charge is 2.12. The number of nitrogen functional groups attached to an aromatic ring is 1. The number of aromatic nitrogens is 2. The maximum Gasteiger partial charge on any atom is 0.144 e. The Morgan fingerprint density at radius 2 is 2.10 bits per heavy atom. The van der Waals surface area contributed by atoms with Gasteiger partial charge in [0.15, 0.2) is 0 Å².